The maximum Gasteiger partial charge on any atom is 0.261 e. The van der Waals surface area contributed by atoms with E-state index in [0.29, 0.717) is 25.2 Å². The summed E-state index contributed by atoms with van der Waals surface area (Å²) in [6.07, 6.45) is 2.60. The number of anilines is 2. The van der Waals surface area contributed by atoms with E-state index in [1.165, 1.54) is 48.5 Å². The summed E-state index contributed by atoms with van der Waals surface area (Å²) in [6, 6.07) is 10.9. The van der Waals surface area contributed by atoms with Gasteiger partial charge in [-0.2, -0.15) is 0 Å². The minimum absolute atomic E-state index is 0.0270. The summed E-state index contributed by atoms with van der Waals surface area (Å²) >= 11 is 1.58. The van der Waals surface area contributed by atoms with E-state index in [2.05, 4.69) is 14.6 Å². The zero-order chi connectivity index (χ0) is 21.8. The van der Waals surface area contributed by atoms with Crippen LogP contribution in [0.4, 0.5) is 15.2 Å². The van der Waals surface area contributed by atoms with Crippen LogP contribution in [-0.4, -0.2) is 50.4 Å². The van der Waals surface area contributed by atoms with E-state index >= 15 is 0 Å². The van der Waals surface area contributed by atoms with Crippen molar-refractivity contribution in [1.82, 2.24) is 9.88 Å². The standard InChI is InChI=1S/C21H21FN4O3S2/c22-17-4-6-18(7-5-17)24-31(28,29)19-8-2-16(3-9-19)20(27)25-11-1-12-26(14-13-25)21-23-10-15-30-21/h2-10,15,24H,1,11-14H2. The summed E-state index contributed by atoms with van der Waals surface area (Å²) in [4.78, 5) is 21.2. The van der Waals surface area contributed by atoms with Crippen molar-refractivity contribution >= 4 is 38.1 Å². The summed E-state index contributed by atoms with van der Waals surface area (Å²) in [6.45, 7) is 2.74. The van der Waals surface area contributed by atoms with Crippen molar-refractivity contribution in [2.75, 3.05) is 35.8 Å². The number of aromatic nitrogens is 1. The van der Waals surface area contributed by atoms with Crippen LogP contribution in [0.1, 0.15) is 16.8 Å². The van der Waals surface area contributed by atoms with Crippen molar-refractivity contribution in [2.24, 2.45) is 0 Å². The van der Waals surface area contributed by atoms with Crippen molar-refractivity contribution in [3.05, 3.63) is 71.5 Å². The molecule has 0 unspecified atom stereocenters. The largest absolute Gasteiger partial charge is 0.346 e. The highest BCUT2D eigenvalue weighted by molar-refractivity contribution is 7.92. The summed E-state index contributed by atoms with van der Waals surface area (Å²) in [5.74, 6) is -0.578. The van der Waals surface area contributed by atoms with Gasteiger partial charge in [-0.25, -0.2) is 17.8 Å². The minimum Gasteiger partial charge on any atom is -0.346 e. The van der Waals surface area contributed by atoms with Crippen molar-refractivity contribution in [1.29, 1.82) is 0 Å². The van der Waals surface area contributed by atoms with Gasteiger partial charge in [0.15, 0.2) is 5.13 Å². The van der Waals surface area contributed by atoms with Gasteiger partial charge in [-0.05, 0) is 55.0 Å². The number of benzene rings is 2. The first-order valence-corrected chi connectivity index (χ1v) is 12.1. The summed E-state index contributed by atoms with van der Waals surface area (Å²) in [5, 5.41) is 2.89. The molecular weight excluding hydrogens is 439 g/mol. The number of halogens is 1. The molecule has 0 saturated carbocycles. The van der Waals surface area contributed by atoms with E-state index in [4.69, 9.17) is 0 Å². The van der Waals surface area contributed by atoms with E-state index in [0.717, 1.165) is 18.1 Å². The van der Waals surface area contributed by atoms with Crippen LogP contribution >= 0.6 is 11.3 Å². The molecule has 4 rings (SSSR count). The van der Waals surface area contributed by atoms with Gasteiger partial charge in [-0.1, -0.05) is 0 Å². The monoisotopic (exact) mass is 460 g/mol. The van der Waals surface area contributed by atoms with Gasteiger partial charge in [-0.3, -0.25) is 9.52 Å². The third kappa shape index (κ3) is 5.02. The number of nitrogens with zero attached hydrogens (tertiary/aromatic N) is 3. The van der Waals surface area contributed by atoms with Crippen molar-refractivity contribution < 1.29 is 17.6 Å². The SMILES string of the molecule is O=C(c1ccc(S(=O)(=O)Nc2ccc(F)cc2)cc1)N1CCCN(c2nccs2)CC1. The highest BCUT2D eigenvalue weighted by atomic mass is 32.2. The van der Waals surface area contributed by atoms with Gasteiger partial charge >= 0.3 is 0 Å². The highest BCUT2D eigenvalue weighted by Crippen LogP contribution is 2.21. The molecule has 162 valence electrons. The predicted octanol–water partition coefficient (Wildman–Crippen LogP) is 3.44. The molecule has 1 N–H and O–H groups in total. The molecule has 1 saturated heterocycles. The first-order chi connectivity index (χ1) is 14.9. The second-order valence-corrected chi connectivity index (χ2v) is 9.64. The van der Waals surface area contributed by atoms with Crippen LogP contribution in [-0.2, 0) is 10.0 Å². The lowest BCUT2D eigenvalue weighted by molar-refractivity contribution is 0.0767. The number of thiazole rings is 1. The topological polar surface area (TPSA) is 82.6 Å². The van der Waals surface area contributed by atoms with Crippen LogP contribution in [0.5, 0.6) is 0 Å². The molecule has 0 atom stereocenters. The smallest absolute Gasteiger partial charge is 0.261 e. The number of nitrogens with one attached hydrogen (secondary N) is 1. The van der Waals surface area contributed by atoms with E-state index in [1.807, 2.05) is 5.38 Å². The van der Waals surface area contributed by atoms with Gasteiger partial charge in [0.25, 0.3) is 15.9 Å². The first-order valence-electron chi connectivity index (χ1n) is 9.74. The van der Waals surface area contributed by atoms with Gasteiger partial charge in [0.1, 0.15) is 5.82 Å². The Morgan fingerprint density at radius 3 is 2.42 bits per heavy atom. The lowest BCUT2D eigenvalue weighted by Crippen LogP contribution is -2.35. The van der Waals surface area contributed by atoms with Crippen LogP contribution in [0.25, 0.3) is 0 Å². The molecule has 3 aromatic rings. The number of sulfonamides is 1. The van der Waals surface area contributed by atoms with Gasteiger partial charge in [0.05, 0.1) is 4.90 Å². The third-order valence-electron chi connectivity index (χ3n) is 4.98. The van der Waals surface area contributed by atoms with Gasteiger partial charge in [-0.15, -0.1) is 11.3 Å². The molecule has 31 heavy (non-hydrogen) atoms. The Morgan fingerprint density at radius 2 is 1.74 bits per heavy atom. The Hall–Kier alpha value is -2.98. The Morgan fingerprint density at radius 1 is 1.00 bits per heavy atom. The number of rotatable bonds is 5. The summed E-state index contributed by atoms with van der Waals surface area (Å²) in [5.41, 5.74) is 0.694. The molecule has 0 bridgehead atoms. The van der Waals surface area contributed by atoms with Crippen LogP contribution in [0.15, 0.2) is 65.0 Å². The number of hydrogen-bond acceptors (Lipinski definition) is 6. The Bertz CT molecular complexity index is 1130. The fourth-order valence-corrected chi connectivity index (χ4v) is 5.13. The lowest BCUT2D eigenvalue weighted by atomic mass is 10.2. The number of carbonyl (C=O) groups excluding carboxylic acids is 1. The molecule has 1 aromatic heterocycles. The molecule has 0 aliphatic carbocycles. The molecule has 10 heteroatoms. The lowest BCUT2D eigenvalue weighted by Gasteiger charge is -2.22. The minimum atomic E-state index is -3.84. The van der Waals surface area contributed by atoms with Crippen LogP contribution in [0, 0.1) is 5.82 Å². The predicted molar refractivity (Wildman–Crippen MR) is 118 cm³/mol. The number of amides is 1. The van der Waals surface area contributed by atoms with Crippen molar-refractivity contribution in [3.8, 4) is 0 Å². The van der Waals surface area contributed by atoms with E-state index in [-0.39, 0.29) is 16.5 Å². The molecule has 1 aliphatic rings. The zero-order valence-electron chi connectivity index (χ0n) is 16.6. The average molecular weight is 461 g/mol. The fourth-order valence-electron chi connectivity index (χ4n) is 3.38. The maximum absolute atomic E-state index is 13.0. The van der Waals surface area contributed by atoms with E-state index in [9.17, 15) is 17.6 Å². The van der Waals surface area contributed by atoms with Gasteiger partial charge in [0, 0.05) is 49.0 Å². The van der Waals surface area contributed by atoms with Crippen LogP contribution < -0.4 is 9.62 Å². The Labute approximate surface area is 184 Å². The third-order valence-corrected chi connectivity index (χ3v) is 7.21. The summed E-state index contributed by atoms with van der Waals surface area (Å²) in [7, 11) is -3.84. The van der Waals surface area contributed by atoms with E-state index in [1.54, 1.807) is 22.4 Å². The van der Waals surface area contributed by atoms with Crippen LogP contribution in [0.3, 0.4) is 0 Å². The number of hydrogen-bond donors (Lipinski definition) is 1. The molecule has 1 fully saturated rings. The molecular formula is C21H21FN4O3S2. The highest BCUT2D eigenvalue weighted by Gasteiger charge is 2.22. The van der Waals surface area contributed by atoms with E-state index < -0.39 is 15.8 Å². The second kappa shape index (κ2) is 9.03. The summed E-state index contributed by atoms with van der Waals surface area (Å²) < 4.78 is 40.5. The molecule has 0 spiro atoms. The average Bonchev–Trinajstić information content (AvgIpc) is 3.19. The maximum atomic E-state index is 13.0. The Balaban J connectivity index is 1.42. The first kappa shape index (κ1) is 21.3. The van der Waals surface area contributed by atoms with Crippen LogP contribution in [0.2, 0.25) is 0 Å². The molecule has 7 nitrogen and oxygen atoms in total. The Kier molecular flexibility index (Phi) is 6.19. The quantitative estimate of drug-likeness (QED) is 0.631. The normalized spacial score (nSPS) is 14.9. The van der Waals surface area contributed by atoms with Gasteiger partial charge < -0.3 is 9.80 Å². The zero-order valence-corrected chi connectivity index (χ0v) is 18.2. The fraction of sp³-hybridized carbons (Fsp3) is 0.238. The molecule has 2 aromatic carbocycles. The molecule has 2 heterocycles. The molecule has 0 radical (unpaired) electrons. The molecule has 1 amide bonds. The van der Waals surface area contributed by atoms with Crippen molar-refractivity contribution in [2.45, 2.75) is 11.3 Å². The van der Waals surface area contributed by atoms with Gasteiger partial charge in [0.2, 0.25) is 0 Å². The van der Waals surface area contributed by atoms with Crippen molar-refractivity contribution in [3.63, 3.8) is 0 Å². The molecule has 1 aliphatic heterocycles. The number of carbonyl (C=O) groups is 1. The second-order valence-electron chi connectivity index (χ2n) is 7.08.